The molecule has 0 saturated carbocycles. The van der Waals surface area contributed by atoms with Crippen molar-refractivity contribution >= 4 is 39.2 Å². The number of ether oxygens (including phenoxy) is 1. The van der Waals surface area contributed by atoms with Gasteiger partial charge in [-0.15, -0.1) is 0 Å². The second kappa shape index (κ2) is 8.72. The summed E-state index contributed by atoms with van der Waals surface area (Å²) in [5.74, 6) is -1.23. The van der Waals surface area contributed by atoms with Gasteiger partial charge in [0.2, 0.25) is 10.0 Å². The molecule has 9 heteroatoms. The summed E-state index contributed by atoms with van der Waals surface area (Å²) in [5.41, 5.74) is 0.580. The molecule has 1 saturated heterocycles. The van der Waals surface area contributed by atoms with Crippen molar-refractivity contribution in [3.05, 3.63) is 59.6 Å². The first kappa shape index (κ1) is 20.3. The van der Waals surface area contributed by atoms with E-state index >= 15 is 0 Å². The molecule has 3 rings (SSSR count). The zero-order valence-electron chi connectivity index (χ0n) is 14.9. The first-order valence-corrected chi connectivity index (χ1v) is 10.5. The Hall–Kier alpha value is -2.42. The lowest BCUT2D eigenvalue weighted by Gasteiger charge is -2.22. The fourth-order valence-electron chi connectivity index (χ4n) is 2.96. The molecule has 0 radical (unpaired) electrons. The Balaban J connectivity index is 1.62. The number of para-hydroxylation sites is 1. The number of sulfonamides is 1. The van der Waals surface area contributed by atoms with Crippen LogP contribution in [0.15, 0.2) is 59.5 Å². The van der Waals surface area contributed by atoms with Crippen LogP contribution >= 0.6 is 11.6 Å². The summed E-state index contributed by atoms with van der Waals surface area (Å²) in [6, 6.07) is 13.5. The molecule has 1 aliphatic heterocycles. The minimum absolute atomic E-state index is 0.0541. The van der Waals surface area contributed by atoms with Gasteiger partial charge in [0.05, 0.1) is 4.90 Å². The molecule has 2 aromatic rings. The van der Waals surface area contributed by atoms with Crippen LogP contribution in [0.4, 0.5) is 5.69 Å². The molecule has 1 aliphatic rings. The molecule has 1 amide bonds. The Morgan fingerprint density at radius 1 is 1.11 bits per heavy atom. The van der Waals surface area contributed by atoms with Gasteiger partial charge in [-0.05, 0) is 49.2 Å². The Kier molecular flexibility index (Phi) is 6.33. The number of carbonyl (C=O) groups is 2. The van der Waals surface area contributed by atoms with Crippen molar-refractivity contribution in [1.82, 2.24) is 4.31 Å². The third-order valence-corrected chi connectivity index (χ3v) is 6.47. The Bertz CT molecular complexity index is 948. The van der Waals surface area contributed by atoms with Crippen LogP contribution in [0.3, 0.4) is 0 Å². The molecule has 0 aliphatic carbocycles. The summed E-state index contributed by atoms with van der Waals surface area (Å²) in [5, 5.41) is 3.02. The largest absolute Gasteiger partial charge is 0.454 e. The van der Waals surface area contributed by atoms with Crippen molar-refractivity contribution in [2.75, 3.05) is 18.5 Å². The molecule has 0 unspecified atom stereocenters. The van der Waals surface area contributed by atoms with Gasteiger partial charge >= 0.3 is 5.97 Å². The average molecular weight is 423 g/mol. The van der Waals surface area contributed by atoms with Crippen molar-refractivity contribution in [3.63, 3.8) is 0 Å². The molecular weight excluding hydrogens is 404 g/mol. The van der Waals surface area contributed by atoms with Crippen LogP contribution in [0.25, 0.3) is 0 Å². The summed E-state index contributed by atoms with van der Waals surface area (Å²) < 4.78 is 31.9. The molecule has 28 heavy (non-hydrogen) atoms. The van der Waals surface area contributed by atoms with Gasteiger partial charge < -0.3 is 10.1 Å². The number of benzene rings is 2. The fourth-order valence-corrected chi connectivity index (χ4v) is 4.73. The summed E-state index contributed by atoms with van der Waals surface area (Å²) in [6.45, 7) is -0.278. The molecule has 1 fully saturated rings. The third-order valence-electron chi connectivity index (χ3n) is 4.30. The molecule has 1 atom stereocenters. The van der Waals surface area contributed by atoms with Crippen molar-refractivity contribution in [3.8, 4) is 0 Å². The van der Waals surface area contributed by atoms with Crippen molar-refractivity contribution < 1.29 is 22.7 Å². The van der Waals surface area contributed by atoms with Crippen LogP contribution in [0.5, 0.6) is 0 Å². The summed E-state index contributed by atoms with van der Waals surface area (Å²) >= 11 is 5.81. The highest BCUT2D eigenvalue weighted by atomic mass is 35.5. The second-order valence-electron chi connectivity index (χ2n) is 6.25. The van der Waals surface area contributed by atoms with Crippen LogP contribution < -0.4 is 5.32 Å². The van der Waals surface area contributed by atoms with E-state index < -0.39 is 34.5 Å². The van der Waals surface area contributed by atoms with Gasteiger partial charge in [-0.25, -0.2) is 8.42 Å². The van der Waals surface area contributed by atoms with Gasteiger partial charge in [-0.1, -0.05) is 29.8 Å². The predicted octanol–water partition coefficient (Wildman–Crippen LogP) is 2.68. The molecule has 0 bridgehead atoms. The highest BCUT2D eigenvalue weighted by molar-refractivity contribution is 7.89. The molecule has 7 nitrogen and oxygen atoms in total. The molecule has 0 aromatic heterocycles. The number of nitrogens with zero attached hydrogens (tertiary/aromatic N) is 1. The van der Waals surface area contributed by atoms with Crippen molar-refractivity contribution in [2.45, 2.75) is 23.8 Å². The molecule has 148 valence electrons. The topological polar surface area (TPSA) is 92.8 Å². The van der Waals surface area contributed by atoms with Gasteiger partial charge in [-0.2, -0.15) is 4.31 Å². The van der Waals surface area contributed by atoms with Gasteiger partial charge in [0.15, 0.2) is 6.61 Å². The third kappa shape index (κ3) is 4.70. The standard InChI is InChI=1S/C19H19ClN2O5S/c20-14-8-10-16(11-9-14)28(25,26)22-12-4-7-17(22)19(24)27-13-18(23)21-15-5-2-1-3-6-15/h1-3,5-6,8-11,17H,4,7,12-13H2,(H,21,23)/t17-/m1/s1. The number of esters is 1. The summed E-state index contributed by atoms with van der Waals surface area (Å²) in [7, 11) is -3.86. The summed E-state index contributed by atoms with van der Waals surface area (Å²) in [4.78, 5) is 24.4. The number of carbonyl (C=O) groups excluding carboxylic acids is 2. The van der Waals surface area contributed by atoms with Gasteiger partial charge in [0.1, 0.15) is 6.04 Å². The number of amides is 1. The normalized spacial score (nSPS) is 17.2. The van der Waals surface area contributed by atoms with Crippen LogP contribution in [-0.2, 0) is 24.3 Å². The van der Waals surface area contributed by atoms with E-state index in [1.54, 1.807) is 24.3 Å². The second-order valence-corrected chi connectivity index (χ2v) is 8.58. The van der Waals surface area contributed by atoms with Gasteiger partial charge in [0, 0.05) is 17.3 Å². The maximum atomic E-state index is 12.8. The molecular formula is C19H19ClN2O5S. The maximum Gasteiger partial charge on any atom is 0.324 e. The lowest BCUT2D eigenvalue weighted by atomic mass is 10.2. The molecule has 0 spiro atoms. The zero-order chi connectivity index (χ0) is 20.1. The quantitative estimate of drug-likeness (QED) is 0.722. The Morgan fingerprint density at radius 3 is 2.46 bits per heavy atom. The number of rotatable bonds is 6. The number of halogens is 1. The summed E-state index contributed by atoms with van der Waals surface area (Å²) in [6.07, 6.45) is 0.870. The smallest absolute Gasteiger partial charge is 0.324 e. The minimum Gasteiger partial charge on any atom is -0.454 e. The monoisotopic (exact) mass is 422 g/mol. The van der Waals surface area contributed by atoms with E-state index in [1.807, 2.05) is 6.07 Å². The first-order valence-electron chi connectivity index (χ1n) is 8.67. The lowest BCUT2D eigenvalue weighted by Crippen LogP contribution is -2.42. The zero-order valence-corrected chi connectivity index (χ0v) is 16.4. The highest BCUT2D eigenvalue weighted by Gasteiger charge is 2.40. The van der Waals surface area contributed by atoms with Crippen molar-refractivity contribution in [2.24, 2.45) is 0 Å². The van der Waals surface area contributed by atoms with Crippen LogP contribution in [0.2, 0.25) is 5.02 Å². The Labute approximate surface area is 168 Å². The van der Waals surface area contributed by atoms with E-state index in [0.29, 0.717) is 23.6 Å². The van der Waals surface area contributed by atoms with Gasteiger partial charge in [0.25, 0.3) is 5.91 Å². The maximum absolute atomic E-state index is 12.8. The highest BCUT2D eigenvalue weighted by Crippen LogP contribution is 2.27. The fraction of sp³-hybridized carbons (Fsp3) is 0.263. The van der Waals surface area contributed by atoms with E-state index in [1.165, 1.54) is 24.3 Å². The van der Waals surface area contributed by atoms with E-state index in [9.17, 15) is 18.0 Å². The number of hydrogen-bond acceptors (Lipinski definition) is 5. The van der Waals surface area contributed by atoms with Crippen LogP contribution in [0.1, 0.15) is 12.8 Å². The predicted molar refractivity (Wildman–Crippen MR) is 104 cm³/mol. The average Bonchev–Trinajstić information content (AvgIpc) is 3.18. The van der Waals surface area contributed by atoms with Crippen LogP contribution in [0, 0.1) is 0 Å². The van der Waals surface area contributed by atoms with E-state index in [4.69, 9.17) is 16.3 Å². The molecule has 1 heterocycles. The van der Waals surface area contributed by atoms with E-state index in [-0.39, 0.29) is 11.4 Å². The number of anilines is 1. The molecule has 1 N–H and O–H groups in total. The van der Waals surface area contributed by atoms with Crippen molar-refractivity contribution in [1.29, 1.82) is 0 Å². The van der Waals surface area contributed by atoms with Gasteiger partial charge in [-0.3, -0.25) is 9.59 Å². The minimum atomic E-state index is -3.86. The molecule has 2 aromatic carbocycles. The first-order chi connectivity index (χ1) is 13.4. The number of hydrogen-bond donors (Lipinski definition) is 1. The van der Waals surface area contributed by atoms with Crippen LogP contribution in [-0.4, -0.2) is 43.8 Å². The van der Waals surface area contributed by atoms with E-state index in [2.05, 4.69) is 5.32 Å². The number of nitrogens with one attached hydrogen (secondary N) is 1. The Morgan fingerprint density at radius 2 is 1.79 bits per heavy atom. The van der Waals surface area contributed by atoms with E-state index in [0.717, 1.165) is 4.31 Å². The lowest BCUT2D eigenvalue weighted by molar-refractivity contribution is -0.150. The SMILES string of the molecule is O=C(COC(=O)[C@H]1CCCN1S(=O)(=O)c1ccc(Cl)cc1)Nc1ccccc1.